The number of esters is 1. The molecule has 10 heteroatoms. The van der Waals surface area contributed by atoms with Crippen molar-refractivity contribution in [1.82, 2.24) is 29.9 Å². The normalized spacial score (nSPS) is 14.2. The number of anilines is 1. The Labute approximate surface area is 167 Å². The molecule has 3 aromatic rings. The number of fused-ring (bicyclic) bond motifs is 1. The Kier molecular flexibility index (Phi) is 5.32. The van der Waals surface area contributed by atoms with Crippen LogP contribution in [0.1, 0.15) is 12.5 Å². The van der Waals surface area contributed by atoms with Crippen molar-refractivity contribution in [3.8, 4) is 0 Å². The highest BCUT2D eigenvalue weighted by Crippen LogP contribution is 2.22. The molecule has 2 aromatic heterocycles. The quantitative estimate of drug-likeness (QED) is 0.464. The number of hydrogen-bond donors (Lipinski definition) is 0. The van der Waals surface area contributed by atoms with E-state index in [1.807, 2.05) is 35.2 Å². The highest BCUT2D eigenvalue weighted by Gasteiger charge is 2.28. The average molecular weight is 395 g/mol. The van der Waals surface area contributed by atoms with Gasteiger partial charge in [-0.25, -0.2) is 19.4 Å². The van der Waals surface area contributed by atoms with E-state index in [1.165, 1.54) is 11.2 Å². The predicted octanol–water partition coefficient (Wildman–Crippen LogP) is 0.481. The van der Waals surface area contributed by atoms with E-state index in [-0.39, 0.29) is 6.61 Å². The van der Waals surface area contributed by atoms with E-state index in [2.05, 4.69) is 20.3 Å². The highest BCUT2D eigenvalue weighted by atomic mass is 16.5. The van der Waals surface area contributed by atoms with Gasteiger partial charge in [0.1, 0.15) is 6.33 Å². The summed E-state index contributed by atoms with van der Waals surface area (Å²) >= 11 is 0. The standard InChI is InChI=1S/C19H21N7O3/c1-2-29-19(28)18(27)25-10-8-24(9-11-25)16-15-17(21-13-20-16)26(23-22-15)12-14-6-4-3-5-7-14/h3-7,13H,2,8-12H2,1H3. The van der Waals surface area contributed by atoms with E-state index in [4.69, 9.17) is 4.74 Å². The van der Waals surface area contributed by atoms with Crippen LogP contribution in [0, 0.1) is 0 Å². The number of carbonyl (C=O) groups excluding carboxylic acids is 2. The summed E-state index contributed by atoms with van der Waals surface area (Å²) < 4.78 is 6.54. The fraction of sp³-hybridized carbons (Fsp3) is 0.368. The Morgan fingerprint density at radius 1 is 1.07 bits per heavy atom. The smallest absolute Gasteiger partial charge is 0.397 e. The molecular formula is C19H21N7O3. The maximum atomic E-state index is 12.1. The van der Waals surface area contributed by atoms with Gasteiger partial charge in [0, 0.05) is 26.2 Å². The molecule has 1 aliphatic heterocycles. The molecule has 29 heavy (non-hydrogen) atoms. The largest absolute Gasteiger partial charge is 0.459 e. The van der Waals surface area contributed by atoms with E-state index in [0.29, 0.717) is 49.7 Å². The second-order valence-electron chi connectivity index (χ2n) is 6.60. The maximum Gasteiger partial charge on any atom is 0.397 e. The van der Waals surface area contributed by atoms with Crippen molar-refractivity contribution in [3.63, 3.8) is 0 Å². The summed E-state index contributed by atoms with van der Waals surface area (Å²) in [4.78, 5) is 36.0. The van der Waals surface area contributed by atoms with E-state index < -0.39 is 11.9 Å². The summed E-state index contributed by atoms with van der Waals surface area (Å²) in [5.41, 5.74) is 2.38. The molecule has 4 rings (SSSR count). The lowest BCUT2D eigenvalue weighted by Crippen LogP contribution is -2.51. The van der Waals surface area contributed by atoms with Gasteiger partial charge in [-0.1, -0.05) is 35.5 Å². The summed E-state index contributed by atoms with van der Waals surface area (Å²) in [7, 11) is 0. The number of ether oxygens (including phenoxy) is 1. The second-order valence-corrected chi connectivity index (χ2v) is 6.60. The van der Waals surface area contributed by atoms with Gasteiger partial charge in [0.2, 0.25) is 0 Å². The zero-order chi connectivity index (χ0) is 20.2. The number of amides is 1. The van der Waals surface area contributed by atoms with Crippen molar-refractivity contribution in [2.45, 2.75) is 13.5 Å². The molecule has 0 saturated carbocycles. The van der Waals surface area contributed by atoms with Crippen molar-refractivity contribution in [3.05, 3.63) is 42.2 Å². The lowest BCUT2D eigenvalue weighted by atomic mass is 10.2. The molecule has 0 aliphatic carbocycles. The number of benzene rings is 1. The fourth-order valence-electron chi connectivity index (χ4n) is 3.32. The minimum atomic E-state index is -0.811. The fourth-order valence-corrected chi connectivity index (χ4v) is 3.32. The Bertz CT molecular complexity index is 1010. The van der Waals surface area contributed by atoms with Crippen LogP contribution in [-0.4, -0.2) is 74.5 Å². The zero-order valence-corrected chi connectivity index (χ0v) is 16.1. The van der Waals surface area contributed by atoms with E-state index in [9.17, 15) is 9.59 Å². The molecule has 150 valence electrons. The number of hydrogen-bond acceptors (Lipinski definition) is 8. The minimum Gasteiger partial charge on any atom is -0.459 e. The molecule has 0 unspecified atom stereocenters. The van der Waals surface area contributed by atoms with Crippen LogP contribution in [0.2, 0.25) is 0 Å². The van der Waals surface area contributed by atoms with Crippen LogP contribution in [0.4, 0.5) is 5.82 Å². The van der Waals surface area contributed by atoms with Crippen molar-refractivity contribution in [1.29, 1.82) is 0 Å². The van der Waals surface area contributed by atoms with Crippen molar-refractivity contribution in [2.75, 3.05) is 37.7 Å². The summed E-state index contributed by atoms with van der Waals surface area (Å²) in [6.45, 7) is 4.29. The molecule has 1 aliphatic rings. The first kappa shape index (κ1) is 18.8. The predicted molar refractivity (Wildman–Crippen MR) is 104 cm³/mol. The van der Waals surface area contributed by atoms with Gasteiger partial charge in [0.05, 0.1) is 13.2 Å². The Morgan fingerprint density at radius 2 is 1.83 bits per heavy atom. The molecule has 1 amide bonds. The molecule has 0 atom stereocenters. The van der Waals surface area contributed by atoms with Crippen LogP contribution in [0.5, 0.6) is 0 Å². The lowest BCUT2D eigenvalue weighted by molar-refractivity contribution is -0.160. The molecule has 1 fully saturated rings. The van der Waals surface area contributed by atoms with Crippen molar-refractivity contribution < 1.29 is 14.3 Å². The SMILES string of the molecule is CCOC(=O)C(=O)N1CCN(c2ncnc3c2nnn3Cc2ccccc2)CC1. The second kappa shape index (κ2) is 8.21. The van der Waals surface area contributed by atoms with Gasteiger partial charge in [0.25, 0.3) is 0 Å². The number of piperazine rings is 1. The topological polar surface area (TPSA) is 106 Å². The third kappa shape index (κ3) is 3.86. The molecule has 0 bridgehead atoms. The van der Waals surface area contributed by atoms with E-state index >= 15 is 0 Å². The first-order valence-corrected chi connectivity index (χ1v) is 9.46. The zero-order valence-electron chi connectivity index (χ0n) is 16.1. The Hall–Kier alpha value is -3.56. The summed E-state index contributed by atoms with van der Waals surface area (Å²) in [6, 6.07) is 9.97. The van der Waals surface area contributed by atoms with Crippen LogP contribution < -0.4 is 4.90 Å². The van der Waals surface area contributed by atoms with E-state index in [0.717, 1.165) is 5.56 Å². The van der Waals surface area contributed by atoms with Crippen LogP contribution >= 0.6 is 0 Å². The first-order valence-electron chi connectivity index (χ1n) is 9.46. The number of aromatic nitrogens is 5. The Balaban J connectivity index is 1.49. The molecule has 1 aromatic carbocycles. The van der Waals surface area contributed by atoms with Gasteiger partial charge in [-0.15, -0.1) is 5.10 Å². The number of carbonyl (C=O) groups is 2. The summed E-state index contributed by atoms with van der Waals surface area (Å²) in [6.07, 6.45) is 1.50. The van der Waals surface area contributed by atoms with Gasteiger partial charge in [-0.2, -0.15) is 0 Å². The third-order valence-corrected chi connectivity index (χ3v) is 4.77. The number of rotatable bonds is 4. The highest BCUT2D eigenvalue weighted by molar-refractivity contribution is 6.32. The van der Waals surface area contributed by atoms with Crippen molar-refractivity contribution in [2.24, 2.45) is 0 Å². The van der Waals surface area contributed by atoms with Crippen LogP contribution in [-0.2, 0) is 20.9 Å². The van der Waals surface area contributed by atoms with Crippen LogP contribution in [0.15, 0.2) is 36.7 Å². The third-order valence-electron chi connectivity index (χ3n) is 4.77. The number of nitrogens with zero attached hydrogens (tertiary/aromatic N) is 7. The van der Waals surface area contributed by atoms with E-state index in [1.54, 1.807) is 11.6 Å². The summed E-state index contributed by atoms with van der Waals surface area (Å²) in [5, 5.41) is 8.53. The molecule has 1 saturated heterocycles. The molecule has 10 nitrogen and oxygen atoms in total. The molecule has 0 spiro atoms. The molecule has 0 radical (unpaired) electrons. The molecule has 0 N–H and O–H groups in total. The summed E-state index contributed by atoms with van der Waals surface area (Å²) in [5.74, 6) is -0.736. The maximum absolute atomic E-state index is 12.1. The Morgan fingerprint density at radius 3 is 2.55 bits per heavy atom. The monoisotopic (exact) mass is 395 g/mol. The average Bonchev–Trinajstić information content (AvgIpc) is 3.17. The van der Waals surface area contributed by atoms with Crippen molar-refractivity contribution >= 4 is 28.9 Å². The lowest BCUT2D eigenvalue weighted by Gasteiger charge is -2.34. The van der Waals surface area contributed by atoms with Gasteiger partial charge >= 0.3 is 11.9 Å². The van der Waals surface area contributed by atoms with Gasteiger partial charge in [0.15, 0.2) is 17.0 Å². The molecule has 3 heterocycles. The minimum absolute atomic E-state index is 0.183. The first-order chi connectivity index (χ1) is 14.2. The van der Waals surface area contributed by atoms with Crippen LogP contribution in [0.3, 0.4) is 0 Å². The van der Waals surface area contributed by atoms with Crippen LogP contribution in [0.25, 0.3) is 11.2 Å². The molecular weight excluding hydrogens is 374 g/mol. The van der Waals surface area contributed by atoms with Gasteiger partial charge < -0.3 is 14.5 Å². The van der Waals surface area contributed by atoms with Gasteiger partial charge in [-0.05, 0) is 12.5 Å². The van der Waals surface area contributed by atoms with Gasteiger partial charge in [-0.3, -0.25) is 4.79 Å².